The Morgan fingerprint density at radius 2 is 1.95 bits per heavy atom. The summed E-state index contributed by atoms with van der Waals surface area (Å²) in [6.07, 6.45) is 1.08. The lowest BCUT2D eigenvalue weighted by Crippen LogP contribution is -2.15. The van der Waals surface area contributed by atoms with Gasteiger partial charge in [-0.25, -0.2) is 0 Å². The minimum Gasteiger partial charge on any atom is -0.383 e. The fraction of sp³-hybridized carbons (Fsp3) is 0.333. The molecule has 5 heteroatoms. The number of benzene rings is 1. The molecule has 2 aromatic rings. The lowest BCUT2D eigenvalue weighted by atomic mass is 10.1. The second-order valence-corrected chi connectivity index (χ2v) is 5.08. The first-order valence-electron chi connectivity index (χ1n) is 6.59. The minimum absolute atomic E-state index is 0.0766. The zero-order valence-corrected chi connectivity index (χ0v) is 12.1. The smallest absolute Gasteiger partial charge is 0.249 e. The summed E-state index contributed by atoms with van der Waals surface area (Å²) in [6.45, 7) is 1.82. The quantitative estimate of drug-likeness (QED) is 0.926. The number of aryl methyl sites for hydroxylation is 2. The molecule has 0 fully saturated rings. The van der Waals surface area contributed by atoms with Crippen molar-refractivity contribution in [2.75, 3.05) is 24.7 Å². The highest BCUT2D eigenvalue weighted by molar-refractivity contribution is 5.81. The SMILES string of the molecule is Cc1cc(N)n(C(=O)CCc2ccc(N(C)C)cc2)n1. The van der Waals surface area contributed by atoms with E-state index in [-0.39, 0.29) is 5.91 Å². The van der Waals surface area contributed by atoms with Gasteiger partial charge in [-0.3, -0.25) is 4.79 Å². The maximum absolute atomic E-state index is 12.0. The van der Waals surface area contributed by atoms with E-state index in [0.29, 0.717) is 18.7 Å². The largest absolute Gasteiger partial charge is 0.383 e. The molecule has 0 aliphatic carbocycles. The summed E-state index contributed by atoms with van der Waals surface area (Å²) in [5.41, 5.74) is 8.77. The number of hydrogen-bond acceptors (Lipinski definition) is 4. The van der Waals surface area contributed by atoms with E-state index < -0.39 is 0 Å². The lowest BCUT2D eigenvalue weighted by Gasteiger charge is -2.12. The third-order valence-electron chi connectivity index (χ3n) is 3.18. The third-order valence-corrected chi connectivity index (χ3v) is 3.18. The molecule has 1 aromatic heterocycles. The van der Waals surface area contributed by atoms with Crippen LogP contribution in [0.3, 0.4) is 0 Å². The first-order chi connectivity index (χ1) is 9.47. The average molecular weight is 272 g/mol. The van der Waals surface area contributed by atoms with Crippen molar-refractivity contribution in [1.29, 1.82) is 0 Å². The van der Waals surface area contributed by atoms with E-state index in [2.05, 4.69) is 5.10 Å². The molecular formula is C15H20N4O. The molecule has 0 radical (unpaired) electrons. The number of nitrogens with zero attached hydrogens (tertiary/aromatic N) is 3. The van der Waals surface area contributed by atoms with Gasteiger partial charge in [0.05, 0.1) is 5.69 Å². The van der Waals surface area contributed by atoms with Crippen LogP contribution in [0.4, 0.5) is 11.5 Å². The van der Waals surface area contributed by atoms with Gasteiger partial charge in [-0.15, -0.1) is 0 Å². The van der Waals surface area contributed by atoms with Crippen LogP contribution in [0.1, 0.15) is 22.5 Å². The molecule has 0 bridgehead atoms. The van der Waals surface area contributed by atoms with Gasteiger partial charge in [0.25, 0.3) is 0 Å². The van der Waals surface area contributed by atoms with Gasteiger partial charge in [-0.2, -0.15) is 9.78 Å². The summed E-state index contributed by atoms with van der Waals surface area (Å²) in [5.74, 6) is 0.322. The Balaban J connectivity index is 1.98. The lowest BCUT2D eigenvalue weighted by molar-refractivity contribution is 0.0890. The standard InChI is InChI=1S/C15H20N4O/c1-11-10-14(16)19(17-11)15(20)9-6-12-4-7-13(8-5-12)18(2)3/h4-5,7-8,10H,6,9,16H2,1-3H3. The van der Waals surface area contributed by atoms with Gasteiger partial charge in [0, 0.05) is 32.3 Å². The van der Waals surface area contributed by atoms with E-state index >= 15 is 0 Å². The number of rotatable bonds is 4. The zero-order chi connectivity index (χ0) is 14.7. The van der Waals surface area contributed by atoms with Crippen LogP contribution in [0, 0.1) is 6.92 Å². The molecule has 1 heterocycles. The first-order valence-corrected chi connectivity index (χ1v) is 6.59. The van der Waals surface area contributed by atoms with Gasteiger partial charge in [0.1, 0.15) is 5.82 Å². The summed E-state index contributed by atoms with van der Waals surface area (Å²) in [7, 11) is 4.00. The number of hydrogen-bond donors (Lipinski definition) is 1. The predicted octanol–water partition coefficient (Wildman–Crippen LogP) is 2.11. The summed E-state index contributed by atoms with van der Waals surface area (Å²) >= 11 is 0. The normalized spacial score (nSPS) is 10.6. The molecule has 0 aliphatic rings. The fourth-order valence-corrected chi connectivity index (χ4v) is 2.04. The van der Waals surface area contributed by atoms with Crippen molar-refractivity contribution < 1.29 is 4.79 Å². The van der Waals surface area contributed by atoms with Crippen LogP contribution in [0.15, 0.2) is 30.3 Å². The Hall–Kier alpha value is -2.30. The average Bonchev–Trinajstić information content (AvgIpc) is 2.75. The maximum atomic E-state index is 12.0. The van der Waals surface area contributed by atoms with E-state index in [4.69, 9.17) is 5.73 Å². The number of aromatic nitrogens is 2. The maximum Gasteiger partial charge on any atom is 0.249 e. The minimum atomic E-state index is -0.0766. The van der Waals surface area contributed by atoms with Gasteiger partial charge in [-0.05, 0) is 31.0 Å². The molecule has 5 nitrogen and oxygen atoms in total. The molecule has 0 saturated heterocycles. The zero-order valence-electron chi connectivity index (χ0n) is 12.1. The summed E-state index contributed by atoms with van der Waals surface area (Å²) in [4.78, 5) is 14.1. The van der Waals surface area contributed by atoms with Crippen molar-refractivity contribution in [2.45, 2.75) is 19.8 Å². The van der Waals surface area contributed by atoms with Crippen LogP contribution in [-0.2, 0) is 6.42 Å². The Morgan fingerprint density at radius 1 is 1.30 bits per heavy atom. The number of nitrogen functional groups attached to an aromatic ring is 1. The van der Waals surface area contributed by atoms with E-state index in [9.17, 15) is 4.79 Å². The first kappa shape index (κ1) is 14.1. The second-order valence-electron chi connectivity index (χ2n) is 5.08. The van der Waals surface area contributed by atoms with Crippen LogP contribution in [0.2, 0.25) is 0 Å². The molecule has 1 aromatic carbocycles. The van der Waals surface area contributed by atoms with Gasteiger partial charge in [-0.1, -0.05) is 12.1 Å². The van der Waals surface area contributed by atoms with Gasteiger partial charge in [0.15, 0.2) is 0 Å². The van der Waals surface area contributed by atoms with Crippen LogP contribution < -0.4 is 10.6 Å². The van der Waals surface area contributed by atoms with Crippen molar-refractivity contribution in [3.05, 3.63) is 41.6 Å². The summed E-state index contributed by atoms with van der Waals surface area (Å²) in [6, 6.07) is 9.88. The molecule has 20 heavy (non-hydrogen) atoms. The van der Waals surface area contributed by atoms with Crippen molar-refractivity contribution in [3.63, 3.8) is 0 Å². The number of carbonyl (C=O) groups excluding carboxylic acids is 1. The molecular weight excluding hydrogens is 252 g/mol. The van der Waals surface area contributed by atoms with Crippen LogP contribution in [-0.4, -0.2) is 29.8 Å². The molecule has 106 valence electrons. The molecule has 2 rings (SSSR count). The van der Waals surface area contributed by atoms with Crippen molar-refractivity contribution in [1.82, 2.24) is 9.78 Å². The summed E-state index contributed by atoms with van der Waals surface area (Å²) in [5, 5.41) is 4.10. The predicted molar refractivity (Wildman–Crippen MR) is 81.1 cm³/mol. The molecule has 0 aliphatic heterocycles. The number of anilines is 2. The van der Waals surface area contributed by atoms with Gasteiger partial charge < -0.3 is 10.6 Å². The van der Waals surface area contributed by atoms with Crippen molar-refractivity contribution in [2.24, 2.45) is 0 Å². The van der Waals surface area contributed by atoms with E-state index in [1.807, 2.05) is 50.2 Å². The van der Waals surface area contributed by atoms with E-state index in [1.165, 1.54) is 4.68 Å². The Morgan fingerprint density at radius 3 is 2.45 bits per heavy atom. The molecule has 0 unspecified atom stereocenters. The second kappa shape index (κ2) is 5.77. The van der Waals surface area contributed by atoms with Gasteiger partial charge >= 0.3 is 0 Å². The highest BCUT2D eigenvalue weighted by Gasteiger charge is 2.10. The van der Waals surface area contributed by atoms with E-state index in [0.717, 1.165) is 16.9 Å². The Labute approximate surface area is 119 Å². The van der Waals surface area contributed by atoms with Crippen molar-refractivity contribution >= 4 is 17.4 Å². The highest BCUT2D eigenvalue weighted by atomic mass is 16.2. The highest BCUT2D eigenvalue weighted by Crippen LogP contribution is 2.14. The Kier molecular flexibility index (Phi) is 4.08. The van der Waals surface area contributed by atoms with Crippen LogP contribution in [0.25, 0.3) is 0 Å². The summed E-state index contributed by atoms with van der Waals surface area (Å²) < 4.78 is 1.28. The van der Waals surface area contributed by atoms with Gasteiger partial charge in [0.2, 0.25) is 5.91 Å². The molecule has 2 N–H and O–H groups in total. The van der Waals surface area contributed by atoms with Crippen LogP contribution in [0.5, 0.6) is 0 Å². The topological polar surface area (TPSA) is 64.2 Å². The Bertz CT molecular complexity index is 599. The molecule has 0 saturated carbocycles. The van der Waals surface area contributed by atoms with E-state index in [1.54, 1.807) is 6.07 Å². The third kappa shape index (κ3) is 3.17. The molecule has 0 amide bonds. The molecule has 0 spiro atoms. The van der Waals surface area contributed by atoms with Crippen molar-refractivity contribution in [3.8, 4) is 0 Å². The monoisotopic (exact) mass is 272 g/mol. The number of carbonyl (C=O) groups is 1. The fourth-order valence-electron chi connectivity index (χ4n) is 2.04. The number of nitrogens with two attached hydrogens (primary N) is 1. The molecule has 0 atom stereocenters. The van der Waals surface area contributed by atoms with Crippen LogP contribution >= 0.6 is 0 Å².